The van der Waals surface area contributed by atoms with Crippen LogP contribution in [0.1, 0.15) is 39.9 Å². The van der Waals surface area contributed by atoms with E-state index in [4.69, 9.17) is 11.6 Å². The van der Waals surface area contributed by atoms with Gasteiger partial charge in [0.15, 0.2) is 0 Å². The molecular formula is C18H15ClF3NO. The van der Waals surface area contributed by atoms with Crippen LogP contribution in [0.4, 0.5) is 18.9 Å². The predicted molar refractivity (Wildman–Crippen MR) is 87.5 cm³/mol. The van der Waals surface area contributed by atoms with Gasteiger partial charge in [-0.3, -0.25) is 4.79 Å². The van der Waals surface area contributed by atoms with Gasteiger partial charge in [-0.1, -0.05) is 17.7 Å². The second-order valence-electron chi connectivity index (χ2n) is 5.84. The van der Waals surface area contributed by atoms with Crippen molar-refractivity contribution in [2.75, 3.05) is 5.32 Å². The third-order valence-corrected chi connectivity index (χ3v) is 4.46. The molecule has 0 saturated carbocycles. The lowest BCUT2D eigenvalue weighted by Gasteiger charge is -2.16. The molecule has 0 spiro atoms. The minimum Gasteiger partial charge on any atom is -0.322 e. The van der Waals surface area contributed by atoms with Crippen molar-refractivity contribution >= 4 is 23.2 Å². The van der Waals surface area contributed by atoms with Crippen molar-refractivity contribution in [2.24, 2.45) is 0 Å². The van der Waals surface area contributed by atoms with E-state index >= 15 is 0 Å². The molecule has 1 N–H and O–H groups in total. The Morgan fingerprint density at radius 1 is 1.00 bits per heavy atom. The van der Waals surface area contributed by atoms with Crippen molar-refractivity contribution in [1.29, 1.82) is 0 Å². The Balaban J connectivity index is 1.79. The van der Waals surface area contributed by atoms with Crippen LogP contribution in [0.25, 0.3) is 0 Å². The lowest BCUT2D eigenvalue weighted by molar-refractivity contribution is -0.137. The molecule has 126 valence electrons. The van der Waals surface area contributed by atoms with E-state index in [0.29, 0.717) is 5.56 Å². The summed E-state index contributed by atoms with van der Waals surface area (Å²) in [5, 5.41) is 2.15. The van der Waals surface area contributed by atoms with E-state index in [2.05, 4.69) is 5.32 Å². The molecular weight excluding hydrogens is 339 g/mol. The maximum Gasteiger partial charge on any atom is 0.417 e. The fraction of sp³-hybridized carbons (Fsp3) is 0.278. The topological polar surface area (TPSA) is 29.1 Å². The number of fused-ring (bicyclic) bond motifs is 1. The summed E-state index contributed by atoms with van der Waals surface area (Å²) in [6, 6.07) is 8.72. The largest absolute Gasteiger partial charge is 0.417 e. The number of carbonyl (C=O) groups excluding carboxylic acids is 1. The van der Waals surface area contributed by atoms with Crippen molar-refractivity contribution in [1.82, 2.24) is 0 Å². The Bertz CT molecular complexity index is 786. The zero-order valence-electron chi connectivity index (χ0n) is 12.7. The minimum absolute atomic E-state index is 0.232. The summed E-state index contributed by atoms with van der Waals surface area (Å²) >= 11 is 5.67. The molecule has 0 unspecified atom stereocenters. The number of benzene rings is 2. The standard InChI is InChI=1S/C18H15ClF3NO/c19-16-10-14(7-8-15(16)18(20,21)22)23-17(24)13-6-5-11-3-1-2-4-12(11)9-13/h5-10H,1-4H2,(H,23,24). The van der Waals surface area contributed by atoms with Crippen LogP contribution in [0.3, 0.4) is 0 Å². The first kappa shape index (κ1) is 16.8. The molecule has 1 aliphatic rings. The fourth-order valence-electron chi connectivity index (χ4n) is 2.90. The van der Waals surface area contributed by atoms with Crippen LogP contribution in [0, 0.1) is 0 Å². The normalized spacial score (nSPS) is 14.2. The highest BCUT2D eigenvalue weighted by Crippen LogP contribution is 2.36. The van der Waals surface area contributed by atoms with Gasteiger partial charge in [0.1, 0.15) is 0 Å². The number of anilines is 1. The SMILES string of the molecule is O=C(Nc1ccc(C(F)(F)F)c(Cl)c1)c1ccc2c(c1)CCCC2. The number of nitrogens with one attached hydrogen (secondary N) is 1. The predicted octanol–water partition coefficient (Wildman–Crippen LogP) is 5.49. The molecule has 0 aromatic heterocycles. The number of alkyl halides is 3. The van der Waals surface area contributed by atoms with Crippen molar-refractivity contribution in [3.63, 3.8) is 0 Å². The van der Waals surface area contributed by atoms with Crippen LogP contribution in [-0.4, -0.2) is 5.91 Å². The lowest BCUT2D eigenvalue weighted by Crippen LogP contribution is -2.14. The molecule has 0 radical (unpaired) electrons. The Labute approximate surface area is 142 Å². The van der Waals surface area contributed by atoms with Crippen molar-refractivity contribution in [2.45, 2.75) is 31.9 Å². The van der Waals surface area contributed by atoms with Crippen molar-refractivity contribution < 1.29 is 18.0 Å². The zero-order valence-corrected chi connectivity index (χ0v) is 13.5. The average Bonchev–Trinajstić information content (AvgIpc) is 2.53. The highest BCUT2D eigenvalue weighted by atomic mass is 35.5. The third-order valence-electron chi connectivity index (χ3n) is 4.14. The molecule has 1 aliphatic carbocycles. The van der Waals surface area contributed by atoms with Gasteiger partial charge in [0.05, 0.1) is 10.6 Å². The number of hydrogen-bond donors (Lipinski definition) is 1. The highest BCUT2D eigenvalue weighted by molar-refractivity contribution is 6.31. The highest BCUT2D eigenvalue weighted by Gasteiger charge is 2.33. The van der Waals surface area contributed by atoms with Gasteiger partial charge in [0.25, 0.3) is 5.91 Å². The Morgan fingerprint density at radius 3 is 2.38 bits per heavy atom. The number of hydrogen-bond acceptors (Lipinski definition) is 1. The second-order valence-corrected chi connectivity index (χ2v) is 6.24. The monoisotopic (exact) mass is 353 g/mol. The summed E-state index contributed by atoms with van der Waals surface area (Å²) < 4.78 is 38.1. The van der Waals surface area contributed by atoms with Gasteiger partial charge >= 0.3 is 6.18 Å². The van der Waals surface area contributed by atoms with E-state index in [1.807, 2.05) is 12.1 Å². The van der Waals surface area contributed by atoms with Crippen LogP contribution < -0.4 is 5.32 Å². The van der Waals surface area contributed by atoms with Crippen LogP contribution in [-0.2, 0) is 19.0 Å². The van der Waals surface area contributed by atoms with E-state index in [1.165, 1.54) is 17.2 Å². The maximum absolute atomic E-state index is 12.7. The van der Waals surface area contributed by atoms with Gasteiger partial charge in [-0.25, -0.2) is 0 Å². The van der Waals surface area contributed by atoms with Crippen molar-refractivity contribution in [3.8, 4) is 0 Å². The number of rotatable bonds is 2. The number of aryl methyl sites for hydroxylation is 2. The summed E-state index contributed by atoms with van der Waals surface area (Å²) in [4.78, 5) is 12.3. The first-order valence-corrected chi connectivity index (χ1v) is 8.02. The van der Waals surface area contributed by atoms with E-state index in [0.717, 1.165) is 37.8 Å². The molecule has 2 aromatic carbocycles. The quantitative estimate of drug-likeness (QED) is 0.760. The maximum atomic E-state index is 12.7. The first-order valence-electron chi connectivity index (χ1n) is 7.64. The van der Waals surface area contributed by atoms with E-state index in [-0.39, 0.29) is 11.6 Å². The van der Waals surface area contributed by atoms with Crippen LogP contribution in [0.5, 0.6) is 0 Å². The molecule has 0 saturated heterocycles. The summed E-state index contributed by atoms with van der Waals surface area (Å²) in [5.41, 5.74) is 2.23. The first-order chi connectivity index (χ1) is 11.3. The molecule has 3 rings (SSSR count). The van der Waals surface area contributed by atoms with Crippen LogP contribution in [0.2, 0.25) is 5.02 Å². The number of halogens is 4. The zero-order chi connectivity index (χ0) is 17.3. The summed E-state index contributed by atoms with van der Waals surface area (Å²) in [6.07, 6.45) is -0.290. The Hall–Kier alpha value is -2.01. The summed E-state index contributed by atoms with van der Waals surface area (Å²) in [6.45, 7) is 0. The van der Waals surface area contributed by atoms with Crippen LogP contribution >= 0.6 is 11.6 Å². The van der Waals surface area contributed by atoms with Gasteiger partial charge in [-0.15, -0.1) is 0 Å². The molecule has 2 nitrogen and oxygen atoms in total. The van der Waals surface area contributed by atoms with E-state index < -0.39 is 16.8 Å². The molecule has 0 fully saturated rings. The molecule has 0 aliphatic heterocycles. The van der Waals surface area contributed by atoms with Gasteiger partial charge in [-0.2, -0.15) is 13.2 Å². The van der Waals surface area contributed by atoms with Gasteiger partial charge in [-0.05, 0) is 67.1 Å². The molecule has 24 heavy (non-hydrogen) atoms. The van der Waals surface area contributed by atoms with Crippen molar-refractivity contribution in [3.05, 3.63) is 63.7 Å². The van der Waals surface area contributed by atoms with Gasteiger partial charge in [0, 0.05) is 11.3 Å². The molecule has 2 aromatic rings. The Morgan fingerprint density at radius 2 is 1.71 bits per heavy atom. The smallest absolute Gasteiger partial charge is 0.322 e. The lowest BCUT2D eigenvalue weighted by atomic mass is 9.90. The molecule has 0 atom stereocenters. The van der Waals surface area contributed by atoms with Gasteiger partial charge in [0.2, 0.25) is 0 Å². The molecule has 0 bridgehead atoms. The van der Waals surface area contributed by atoms with Gasteiger partial charge < -0.3 is 5.32 Å². The summed E-state index contributed by atoms with van der Waals surface area (Å²) in [7, 11) is 0. The van der Waals surface area contributed by atoms with Crippen LogP contribution in [0.15, 0.2) is 36.4 Å². The second kappa shape index (κ2) is 6.48. The molecule has 6 heteroatoms. The minimum atomic E-state index is -4.52. The van der Waals surface area contributed by atoms with E-state index in [1.54, 1.807) is 6.07 Å². The molecule has 0 heterocycles. The van der Waals surface area contributed by atoms with E-state index in [9.17, 15) is 18.0 Å². The average molecular weight is 354 g/mol. The summed E-state index contributed by atoms with van der Waals surface area (Å²) in [5.74, 6) is -0.362. The third kappa shape index (κ3) is 3.56. The Kier molecular flexibility index (Phi) is 4.54. The number of amides is 1. The fourth-order valence-corrected chi connectivity index (χ4v) is 3.19. The number of carbonyl (C=O) groups is 1. The molecule has 1 amide bonds.